The molecule has 5 aromatic rings. The number of carbonyl (C=O) groups is 3. The number of piperidine rings is 3. The molecule has 16 nitrogen and oxygen atoms in total. The summed E-state index contributed by atoms with van der Waals surface area (Å²) in [4.78, 5) is 62.6. The summed E-state index contributed by atoms with van der Waals surface area (Å²) >= 11 is 0. The maximum Gasteiger partial charge on any atom is 0.301 e. The van der Waals surface area contributed by atoms with Crippen LogP contribution in [0.2, 0.25) is 0 Å². The van der Waals surface area contributed by atoms with Gasteiger partial charge < -0.3 is 19.4 Å². The predicted octanol–water partition coefficient (Wildman–Crippen LogP) is 7.31. The van der Waals surface area contributed by atoms with Gasteiger partial charge in [-0.3, -0.25) is 33.8 Å². The summed E-state index contributed by atoms with van der Waals surface area (Å²) < 4.78 is 65.4. The van der Waals surface area contributed by atoms with Crippen molar-refractivity contribution >= 4 is 50.2 Å². The summed E-state index contributed by atoms with van der Waals surface area (Å²) in [7, 11) is -4.24. The van der Waals surface area contributed by atoms with Gasteiger partial charge in [0.05, 0.1) is 22.3 Å². The van der Waals surface area contributed by atoms with Crippen LogP contribution >= 0.6 is 0 Å². The fraction of sp³-hybridized carbons (Fsp3) is 0.444. The van der Waals surface area contributed by atoms with Crippen LogP contribution in [0, 0.1) is 28.5 Å². The quantitative estimate of drug-likeness (QED) is 0.126. The molecule has 2 atom stereocenters. The van der Waals surface area contributed by atoms with Gasteiger partial charge in [0.15, 0.2) is 11.6 Å². The van der Waals surface area contributed by atoms with E-state index in [0.29, 0.717) is 47.0 Å². The number of nitriles is 1. The van der Waals surface area contributed by atoms with Crippen molar-refractivity contribution in [3.8, 4) is 23.3 Å². The number of likely N-dealkylation sites (tertiary alicyclic amines) is 1. The summed E-state index contributed by atoms with van der Waals surface area (Å²) in [6.07, 6.45) is 10.1. The summed E-state index contributed by atoms with van der Waals surface area (Å²) in [6, 6.07) is 21.8. The van der Waals surface area contributed by atoms with E-state index in [2.05, 4.69) is 43.0 Å². The van der Waals surface area contributed by atoms with Crippen LogP contribution in [-0.4, -0.2) is 108 Å². The fourth-order valence-electron chi connectivity index (χ4n) is 12.1. The molecule has 2 N–H and O–H groups in total. The number of aromatic nitrogens is 2. The number of hydrogen-bond donors (Lipinski definition) is 2. The highest BCUT2D eigenvalue weighted by Gasteiger charge is 2.41. The molecule has 1 saturated carbocycles. The van der Waals surface area contributed by atoms with E-state index in [9.17, 15) is 37.2 Å². The van der Waals surface area contributed by atoms with E-state index in [0.717, 1.165) is 86.1 Å². The molecule has 73 heavy (non-hydrogen) atoms. The van der Waals surface area contributed by atoms with E-state index in [1.54, 1.807) is 11.0 Å². The number of nitrogens with one attached hydrogen (secondary N) is 2. The predicted molar refractivity (Wildman–Crippen MR) is 269 cm³/mol. The SMILES string of the molecule is N#Cc1c(NS(=O)(=O)N2CC[C@@H](F)C2)ccc(F)c1Oc1ccc2ncn(-c3ccc(C4CCC5(CC4)CCN(CC4CCN(c6ccc7c(c6)CN([C@H]6CCC(=O)NC6=O)C7=O)CC4)CC5)cc3)c(=O)c2c1. The number of hydrogen-bond acceptors (Lipinski definition) is 11. The summed E-state index contributed by atoms with van der Waals surface area (Å²) in [5, 5.41) is 12.6. The van der Waals surface area contributed by atoms with Crippen molar-refractivity contribution in [2.45, 2.75) is 95.3 Å². The number of fused-ring (bicyclic) bond motifs is 2. The minimum Gasteiger partial charge on any atom is -0.453 e. The molecule has 19 heteroatoms. The molecule has 1 aromatic heterocycles. The van der Waals surface area contributed by atoms with Gasteiger partial charge >= 0.3 is 10.2 Å². The third-order valence-electron chi connectivity index (χ3n) is 16.5. The first kappa shape index (κ1) is 48.5. The van der Waals surface area contributed by atoms with Crippen LogP contribution in [0.3, 0.4) is 0 Å². The topological polar surface area (TPSA) is 190 Å². The molecule has 1 aliphatic carbocycles. The number of carbonyl (C=O) groups excluding carboxylic acids is 3. The Bertz CT molecular complexity index is 3210. The van der Waals surface area contributed by atoms with Gasteiger partial charge in [0, 0.05) is 56.9 Å². The normalized spacial score (nSPS) is 22.2. The molecule has 3 amide bonds. The molecular formula is C54H57F2N9O7S. The van der Waals surface area contributed by atoms with Crippen molar-refractivity contribution in [3.63, 3.8) is 0 Å². The highest BCUT2D eigenvalue weighted by atomic mass is 32.2. The lowest BCUT2D eigenvalue weighted by Crippen LogP contribution is -2.52. The number of imide groups is 1. The molecule has 1 spiro atoms. The third kappa shape index (κ3) is 9.68. The Morgan fingerprint density at radius 3 is 2.32 bits per heavy atom. The molecule has 380 valence electrons. The lowest BCUT2D eigenvalue weighted by atomic mass is 9.64. The minimum absolute atomic E-state index is 0.0327. The number of anilines is 2. The first-order chi connectivity index (χ1) is 35.2. The van der Waals surface area contributed by atoms with Crippen molar-refractivity contribution in [2.24, 2.45) is 11.3 Å². The largest absolute Gasteiger partial charge is 0.453 e. The molecule has 5 fully saturated rings. The van der Waals surface area contributed by atoms with E-state index >= 15 is 4.39 Å². The number of rotatable bonds is 11. The van der Waals surface area contributed by atoms with E-state index in [1.165, 1.54) is 54.3 Å². The molecule has 4 saturated heterocycles. The lowest BCUT2D eigenvalue weighted by molar-refractivity contribution is -0.136. The molecule has 4 aromatic carbocycles. The average molecular weight is 1010 g/mol. The Labute approximate surface area is 422 Å². The van der Waals surface area contributed by atoms with Gasteiger partial charge in [0.25, 0.3) is 11.5 Å². The van der Waals surface area contributed by atoms with E-state index < -0.39 is 45.5 Å². The van der Waals surface area contributed by atoms with Crippen molar-refractivity contribution in [1.82, 2.24) is 29.0 Å². The van der Waals surface area contributed by atoms with Crippen LogP contribution in [0.25, 0.3) is 16.6 Å². The Morgan fingerprint density at radius 2 is 1.60 bits per heavy atom. The maximum atomic E-state index is 15.2. The first-order valence-corrected chi connectivity index (χ1v) is 26.9. The molecular weight excluding hydrogens is 957 g/mol. The summed E-state index contributed by atoms with van der Waals surface area (Å²) in [5.74, 6) is -1.17. The van der Waals surface area contributed by atoms with Crippen LogP contribution in [0.5, 0.6) is 11.5 Å². The fourth-order valence-corrected chi connectivity index (χ4v) is 13.4. The second kappa shape index (κ2) is 19.6. The van der Waals surface area contributed by atoms with Crippen molar-refractivity contribution < 1.29 is 36.3 Å². The zero-order valence-corrected chi connectivity index (χ0v) is 41.2. The number of amides is 3. The van der Waals surface area contributed by atoms with Gasteiger partial charge in [0.2, 0.25) is 11.8 Å². The molecule has 11 rings (SSSR count). The van der Waals surface area contributed by atoms with Gasteiger partial charge in [-0.2, -0.15) is 18.0 Å². The molecule has 6 aliphatic rings. The Kier molecular flexibility index (Phi) is 13.0. The van der Waals surface area contributed by atoms with Crippen molar-refractivity contribution in [1.29, 1.82) is 5.26 Å². The summed E-state index contributed by atoms with van der Waals surface area (Å²) in [6.45, 7) is 5.34. The standard InChI is InChI=1S/C54H57F2N9O7S/c55-38-17-24-63(32-38)73(70,71)60-47-10-8-45(56)50(44(47)29-57)72-41-6-9-46-43(28-41)53(69)65(33-58-46)39-3-1-35(2-4-39)36-13-18-54(19-14-36)20-25-61(26-21-54)30-34-15-22-62(23-16-34)40-5-7-42-37(27-40)31-64(52(42)68)48-11-12-49(66)59-51(48)67/h1-10,27-28,33-34,36,38,48,60H,11-26,30-32H2,(H,59,66,67)/t38-,48+/m1/s1. The zero-order valence-electron chi connectivity index (χ0n) is 40.4. The van der Waals surface area contributed by atoms with Gasteiger partial charge in [-0.1, -0.05) is 12.1 Å². The smallest absolute Gasteiger partial charge is 0.301 e. The van der Waals surface area contributed by atoms with E-state index in [4.69, 9.17) is 4.74 Å². The number of nitrogens with zero attached hydrogens (tertiary/aromatic N) is 7. The molecule has 5 aliphatic heterocycles. The van der Waals surface area contributed by atoms with E-state index in [-0.39, 0.29) is 60.1 Å². The van der Waals surface area contributed by atoms with Crippen molar-refractivity contribution in [3.05, 3.63) is 118 Å². The van der Waals surface area contributed by atoms with Crippen LogP contribution in [0.15, 0.2) is 83.9 Å². The summed E-state index contributed by atoms with van der Waals surface area (Å²) in [5.41, 5.74) is 4.31. The maximum absolute atomic E-state index is 15.2. The third-order valence-corrected chi connectivity index (χ3v) is 17.9. The highest BCUT2D eigenvalue weighted by molar-refractivity contribution is 7.90. The Morgan fingerprint density at radius 1 is 0.849 bits per heavy atom. The molecule has 6 heterocycles. The molecule has 0 unspecified atom stereocenters. The average Bonchev–Trinajstić information content (AvgIpc) is 3.99. The van der Waals surface area contributed by atoms with Gasteiger partial charge in [-0.05, 0) is 166 Å². The second-order valence-corrected chi connectivity index (χ2v) is 22.5. The lowest BCUT2D eigenvalue weighted by Gasteiger charge is -2.47. The monoisotopic (exact) mass is 1010 g/mol. The van der Waals surface area contributed by atoms with Crippen LogP contribution in [0.4, 0.5) is 20.2 Å². The number of ether oxygens (including phenoxy) is 1. The Balaban J connectivity index is 0.664. The molecule has 0 radical (unpaired) electrons. The number of benzene rings is 4. The minimum atomic E-state index is -4.24. The van der Waals surface area contributed by atoms with Crippen LogP contribution < -0.4 is 25.2 Å². The Hall–Kier alpha value is -6.75. The second-order valence-electron chi connectivity index (χ2n) is 20.8. The highest BCUT2D eigenvalue weighted by Crippen LogP contribution is 2.49. The molecule has 0 bridgehead atoms. The van der Waals surface area contributed by atoms with Crippen LogP contribution in [0.1, 0.15) is 104 Å². The van der Waals surface area contributed by atoms with Gasteiger partial charge in [0.1, 0.15) is 35.9 Å². The zero-order chi connectivity index (χ0) is 50.6. The van der Waals surface area contributed by atoms with Crippen molar-refractivity contribution in [2.75, 3.05) is 55.4 Å². The first-order valence-electron chi connectivity index (χ1n) is 25.4. The number of halogens is 2. The van der Waals surface area contributed by atoms with E-state index in [1.807, 2.05) is 30.3 Å². The van der Waals surface area contributed by atoms with Gasteiger partial charge in [-0.25, -0.2) is 13.8 Å². The number of alkyl halides is 1. The van der Waals surface area contributed by atoms with Gasteiger partial charge in [-0.15, -0.1) is 0 Å². The van der Waals surface area contributed by atoms with Crippen LogP contribution in [-0.2, 0) is 26.3 Å².